The Morgan fingerprint density at radius 1 is 1.32 bits per heavy atom. The van der Waals surface area contributed by atoms with E-state index >= 15 is 0 Å². The van der Waals surface area contributed by atoms with Crippen LogP contribution < -0.4 is 21.1 Å². The summed E-state index contributed by atoms with van der Waals surface area (Å²) in [6.07, 6.45) is 0.624. The fourth-order valence-corrected chi connectivity index (χ4v) is 3.84. The number of methoxy groups -OCH3 is 1. The molecule has 1 aromatic carbocycles. The van der Waals surface area contributed by atoms with E-state index in [0.717, 1.165) is 21.8 Å². The van der Waals surface area contributed by atoms with Gasteiger partial charge in [0.05, 0.1) is 25.9 Å². The standard InChI is InChI=1S/C17H19N3O4S/c1-23-11-4-2-10(3-5-11)8-19-17(22)20-16-14(15(18)21)12-6-7-24-9-13(12)25-16/h2-5H,6-9H2,1H3,(H2,18,21)(H2,19,20,22). The second-order valence-electron chi connectivity index (χ2n) is 5.53. The molecule has 3 rings (SSSR count). The summed E-state index contributed by atoms with van der Waals surface area (Å²) in [5.74, 6) is 0.218. The lowest BCUT2D eigenvalue weighted by atomic mass is 10.1. The van der Waals surface area contributed by atoms with Crippen LogP contribution in [0.15, 0.2) is 24.3 Å². The maximum Gasteiger partial charge on any atom is 0.320 e. The van der Waals surface area contributed by atoms with Crippen LogP contribution in [0.3, 0.4) is 0 Å². The first-order valence-corrected chi connectivity index (χ1v) is 8.60. The molecule has 0 atom stereocenters. The second-order valence-corrected chi connectivity index (χ2v) is 6.64. The minimum Gasteiger partial charge on any atom is -0.497 e. The number of benzene rings is 1. The monoisotopic (exact) mass is 361 g/mol. The van der Waals surface area contributed by atoms with Gasteiger partial charge in [-0.2, -0.15) is 0 Å². The molecule has 0 unspecified atom stereocenters. The van der Waals surface area contributed by atoms with E-state index in [4.69, 9.17) is 15.2 Å². The van der Waals surface area contributed by atoms with Gasteiger partial charge in [-0.25, -0.2) is 4.79 Å². The van der Waals surface area contributed by atoms with Crippen LogP contribution in [0.5, 0.6) is 5.75 Å². The molecule has 132 valence electrons. The van der Waals surface area contributed by atoms with Crippen LogP contribution >= 0.6 is 11.3 Å². The van der Waals surface area contributed by atoms with Gasteiger partial charge in [-0.3, -0.25) is 10.1 Å². The van der Waals surface area contributed by atoms with Gasteiger partial charge in [0.2, 0.25) is 0 Å². The number of thiophene rings is 1. The average molecular weight is 361 g/mol. The summed E-state index contributed by atoms with van der Waals surface area (Å²) < 4.78 is 10.5. The van der Waals surface area contributed by atoms with E-state index in [9.17, 15) is 9.59 Å². The number of hydrogen-bond donors (Lipinski definition) is 3. The van der Waals surface area contributed by atoms with Crippen LogP contribution in [-0.2, 0) is 24.3 Å². The summed E-state index contributed by atoms with van der Waals surface area (Å²) in [5, 5.41) is 5.96. The van der Waals surface area contributed by atoms with Crippen LogP contribution in [0, 0.1) is 0 Å². The summed E-state index contributed by atoms with van der Waals surface area (Å²) >= 11 is 1.33. The molecule has 1 aromatic heterocycles. The molecule has 0 radical (unpaired) electrons. The van der Waals surface area contributed by atoms with Gasteiger partial charge in [0.15, 0.2) is 0 Å². The van der Waals surface area contributed by atoms with Gasteiger partial charge < -0.3 is 20.5 Å². The number of fused-ring (bicyclic) bond motifs is 1. The predicted molar refractivity (Wildman–Crippen MR) is 95.0 cm³/mol. The van der Waals surface area contributed by atoms with Crippen molar-refractivity contribution in [3.63, 3.8) is 0 Å². The highest BCUT2D eigenvalue weighted by atomic mass is 32.1. The molecule has 8 heteroatoms. The van der Waals surface area contributed by atoms with E-state index in [-0.39, 0.29) is 0 Å². The van der Waals surface area contributed by atoms with Gasteiger partial charge in [0, 0.05) is 11.4 Å². The highest BCUT2D eigenvalue weighted by Crippen LogP contribution is 2.36. The third-order valence-electron chi connectivity index (χ3n) is 3.91. The molecule has 0 saturated carbocycles. The molecule has 0 spiro atoms. The zero-order valence-corrected chi connectivity index (χ0v) is 14.6. The number of nitrogens with two attached hydrogens (primary N) is 1. The molecule has 2 heterocycles. The van der Waals surface area contributed by atoms with E-state index in [1.807, 2.05) is 24.3 Å². The fourth-order valence-electron chi connectivity index (χ4n) is 2.65. The zero-order chi connectivity index (χ0) is 17.8. The fraction of sp³-hybridized carbons (Fsp3) is 0.294. The summed E-state index contributed by atoms with van der Waals surface area (Å²) in [6.45, 7) is 1.35. The van der Waals surface area contributed by atoms with Crippen molar-refractivity contribution < 1.29 is 19.1 Å². The number of primary amides is 1. The van der Waals surface area contributed by atoms with Crippen LogP contribution in [0.25, 0.3) is 0 Å². The Morgan fingerprint density at radius 2 is 2.08 bits per heavy atom. The molecular weight excluding hydrogens is 342 g/mol. The van der Waals surface area contributed by atoms with Gasteiger partial charge >= 0.3 is 6.03 Å². The Bertz CT molecular complexity index is 786. The smallest absolute Gasteiger partial charge is 0.320 e. The van der Waals surface area contributed by atoms with Crippen molar-refractivity contribution >= 4 is 28.3 Å². The Labute approximate surface area is 149 Å². The summed E-state index contributed by atoms with van der Waals surface area (Å²) in [5.41, 5.74) is 7.70. The van der Waals surface area contributed by atoms with Crippen LogP contribution in [0.2, 0.25) is 0 Å². The summed E-state index contributed by atoms with van der Waals surface area (Å²) in [6, 6.07) is 7.00. The SMILES string of the molecule is COc1ccc(CNC(=O)Nc2sc3c(c2C(N)=O)CCOC3)cc1. The number of urea groups is 1. The van der Waals surface area contributed by atoms with Gasteiger partial charge in [0.1, 0.15) is 10.8 Å². The highest BCUT2D eigenvalue weighted by Gasteiger charge is 2.25. The van der Waals surface area contributed by atoms with Crippen LogP contribution in [0.4, 0.5) is 9.80 Å². The minimum atomic E-state index is -0.537. The van der Waals surface area contributed by atoms with E-state index in [2.05, 4.69) is 10.6 Å². The molecule has 0 saturated heterocycles. The predicted octanol–water partition coefficient (Wildman–Crippen LogP) is 2.25. The molecule has 2 aromatic rings. The summed E-state index contributed by atoms with van der Waals surface area (Å²) in [4.78, 5) is 24.9. The van der Waals surface area contributed by atoms with Gasteiger partial charge in [0.25, 0.3) is 5.91 Å². The lowest BCUT2D eigenvalue weighted by Crippen LogP contribution is -2.29. The molecule has 0 aliphatic carbocycles. The number of carbonyl (C=O) groups excluding carboxylic acids is 2. The number of hydrogen-bond acceptors (Lipinski definition) is 5. The van der Waals surface area contributed by atoms with Crippen molar-refractivity contribution in [1.82, 2.24) is 5.32 Å². The normalized spacial score (nSPS) is 13.0. The topological polar surface area (TPSA) is 103 Å². The van der Waals surface area contributed by atoms with E-state index < -0.39 is 11.9 Å². The van der Waals surface area contributed by atoms with Crippen molar-refractivity contribution in [1.29, 1.82) is 0 Å². The third kappa shape index (κ3) is 3.92. The molecular formula is C17H19N3O4S. The zero-order valence-electron chi connectivity index (χ0n) is 13.8. The van der Waals surface area contributed by atoms with E-state index in [0.29, 0.717) is 36.7 Å². The van der Waals surface area contributed by atoms with Crippen molar-refractivity contribution in [2.75, 3.05) is 19.0 Å². The molecule has 3 amide bonds. The molecule has 25 heavy (non-hydrogen) atoms. The van der Waals surface area contributed by atoms with Crippen LogP contribution in [0.1, 0.15) is 26.4 Å². The molecule has 7 nitrogen and oxygen atoms in total. The Balaban J connectivity index is 1.66. The Kier molecular flexibility index (Phi) is 5.20. The summed E-state index contributed by atoms with van der Waals surface area (Å²) in [7, 11) is 1.60. The lowest BCUT2D eigenvalue weighted by molar-refractivity contribution is 0.0991. The van der Waals surface area contributed by atoms with Crippen molar-refractivity contribution in [3.8, 4) is 5.75 Å². The molecule has 1 aliphatic rings. The minimum absolute atomic E-state index is 0.357. The van der Waals surface area contributed by atoms with Crippen molar-refractivity contribution in [3.05, 3.63) is 45.8 Å². The largest absolute Gasteiger partial charge is 0.497 e. The number of ether oxygens (including phenoxy) is 2. The first kappa shape index (κ1) is 17.2. The van der Waals surface area contributed by atoms with Gasteiger partial charge in [-0.15, -0.1) is 11.3 Å². The second kappa shape index (κ2) is 7.54. The first-order chi connectivity index (χ1) is 12.1. The molecule has 4 N–H and O–H groups in total. The maximum atomic E-state index is 12.2. The average Bonchev–Trinajstić information content (AvgIpc) is 2.98. The lowest BCUT2D eigenvalue weighted by Gasteiger charge is -2.12. The molecule has 0 fully saturated rings. The van der Waals surface area contributed by atoms with E-state index in [1.165, 1.54) is 11.3 Å². The van der Waals surface area contributed by atoms with E-state index in [1.54, 1.807) is 7.11 Å². The van der Waals surface area contributed by atoms with Crippen LogP contribution in [-0.4, -0.2) is 25.7 Å². The number of nitrogens with one attached hydrogen (secondary N) is 2. The van der Waals surface area contributed by atoms with Gasteiger partial charge in [-0.1, -0.05) is 12.1 Å². The first-order valence-electron chi connectivity index (χ1n) is 7.78. The quantitative estimate of drug-likeness (QED) is 0.760. The Morgan fingerprint density at radius 3 is 2.76 bits per heavy atom. The molecule has 1 aliphatic heterocycles. The molecule has 0 bridgehead atoms. The highest BCUT2D eigenvalue weighted by molar-refractivity contribution is 7.17. The Hall–Kier alpha value is -2.58. The number of carbonyl (C=O) groups is 2. The maximum absolute atomic E-state index is 12.2. The van der Waals surface area contributed by atoms with Crippen molar-refractivity contribution in [2.24, 2.45) is 5.73 Å². The van der Waals surface area contributed by atoms with Crippen molar-refractivity contribution in [2.45, 2.75) is 19.6 Å². The number of anilines is 1. The van der Waals surface area contributed by atoms with Gasteiger partial charge in [-0.05, 0) is 29.7 Å². The number of amides is 3. The third-order valence-corrected chi connectivity index (χ3v) is 5.03. The number of rotatable bonds is 5.